The maximum atomic E-state index is 14.0. The lowest BCUT2D eigenvalue weighted by molar-refractivity contribution is 0.603. The number of aromatic nitrogens is 3. The molecule has 0 spiro atoms. The summed E-state index contributed by atoms with van der Waals surface area (Å²) >= 11 is 0. The Bertz CT molecular complexity index is 997. The number of rotatable bonds is 2. The average molecular weight is 294 g/mol. The fourth-order valence-electron chi connectivity index (χ4n) is 2.88. The van der Waals surface area contributed by atoms with E-state index in [4.69, 9.17) is 5.73 Å². The van der Waals surface area contributed by atoms with Crippen LogP contribution in [0, 0.1) is 12.7 Å². The minimum atomic E-state index is -0.206. The molecule has 4 rings (SSSR count). The number of hydrogen-bond donors (Lipinski definition) is 1. The van der Waals surface area contributed by atoms with Gasteiger partial charge in [-0.15, -0.1) is 0 Å². The number of benzene rings is 2. The Kier molecular flexibility index (Phi) is 2.69. The first-order valence-corrected chi connectivity index (χ1v) is 7.11. The third kappa shape index (κ3) is 1.86. The van der Waals surface area contributed by atoms with Crippen LogP contribution in [0.3, 0.4) is 0 Å². The van der Waals surface area contributed by atoms with Crippen molar-refractivity contribution in [3.63, 3.8) is 0 Å². The number of fused-ring (bicyclic) bond motifs is 3. The number of anilines is 1. The molecule has 2 N–H and O–H groups in total. The van der Waals surface area contributed by atoms with Crippen LogP contribution in [0.1, 0.15) is 11.3 Å². The molecule has 0 fully saturated rings. The SMILES string of the molecule is Cc1cc2n(Cc3ccccc3F)c3cc(N)ccc3n2n1. The van der Waals surface area contributed by atoms with Crippen LogP contribution in [0.15, 0.2) is 48.5 Å². The maximum Gasteiger partial charge on any atom is 0.137 e. The van der Waals surface area contributed by atoms with E-state index in [1.165, 1.54) is 6.07 Å². The lowest BCUT2D eigenvalue weighted by Gasteiger charge is -2.07. The monoisotopic (exact) mass is 294 g/mol. The van der Waals surface area contributed by atoms with Gasteiger partial charge >= 0.3 is 0 Å². The van der Waals surface area contributed by atoms with Crippen molar-refractivity contribution in [2.24, 2.45) is 0 Å². The van der Waals surface area contributed by atoms with Gasteiger partial charge < -0.3 is 10.3 Å². The number of nitrogen functional groups attached to an aromatic ring is 1. The van der Waals surface area contributed by atoms with Gasteiger partial charge in [-0.25, -0.2) is 8.91 Å². The fourth-order valence-corrected chi connectivity index (χ4v) is 2.88. The third-order valence-electron chi connectivity index (χ3n) is 3.89. The van der Waals surface area contributed by atoms with Gasteiger partial charge in [-0.3, -0.25) is 0 Å². The van der Waals surface area contributed by atoms with E-state index in [9.17, 15) is 4.39 Å². The van der Waals surface area contributed by atoms with Gasteiger partial charge in [0.1, 0.15) is 11.5 Å². The molecule has 2 aromatic heterocycles. The molecule has 2 aromatic carbocycles. The van der Waals surface area contributed by atoms with E-state index < -0.39 is 0 Å². The van der Waals surface area contributed by atoms with Crippen molar-refractivity contribution < 1.29 is 4.39 Å². The molecule has 4 nitrogen and oxygen atoms in total. The van der Waals surface area contributed by atoms with Crippen LogP contribution in [0.4, 0.5) is 10.1 Å². The van der Waals surface area contributed by atoms with E-state index >= 15 is 0 Å². The number of nitrogens with two attached hydrogens (primary N) is 1. The van der Waals surface area contributed by atoms with Gasteiger partial charge in [-0.1, -0.05) is 18.2 Å². The van der Waals surface area contributed by atoms with Crippen LogP contribution in [0.2, 0.25) is 0 Å². The molecule has 0 aliphatic carbocycles. The smallest absolute Gasteiger partial charge is 0.137 e. The Morgan fingerprint density at radius 3 is 2.73 bits per heavy atom. The molecule has 0 amide bonds. The zero-order valence-corrected chi connectivity index (χ0v) is 12.1. The highest BCUT2D eigenvalue weighted by Gasteiger charge is 2.14. The highest BCUT2D eigenvalue weighted by atomic mass is 19.1. The molecule has 110 valence electrons. The van der Waals surface area contributed by atoms with Crippen molar-refractivity contribution in [2.45, 2.75) is 13.5 Å². The van der Waals surface area contributed by atoms with Gasteiger partial charge in [0, 0.05) is 17.3 Å². The van der Waals surface area contributed by atoms with Crippen LogP contribution in [0.5, 0.6) is 0 Å². The highest BCUT2D eigenvalue weighted by Crippen LogP contribution is 2.25. The van der Waals surface area contributed by atoms with Gasteiger partial charge in [-0.2, -0.15) is 5.10 Å². The minimum absolute atomic E-state index is 0.206. The summed E-state index contributed by atoms with van der Waals surface area (Å²) in [4.78, 5) is 0. The van der Waals surface area contributed by atoms with Gasteiger partial charge in [0.2, 0.25) is 0 Å². The number of hydrogen-bond acceptors (Lipinski definition) is 2. The third-order valence-corrected chi connectivity index (χ3v) is 3.89. The molecule has 2 heterocycles. The number of halogens is 1. The second-order valence-corrected chi connectivity index (χ2v) is 5.48. The van der Waals surface area contributed by atoms with Crippen molar-refractivity contribution in [3.05, 3.63) is 65.6 Å². The molecule has 5 heteroatoms. The van der Waals surface area contributed by atoms with Crippen LogP contribution in [-0.2, 0) is 6.54 Å². The van der Waals surface area contributed by atoms with Crippen molar-refractivity contribution in [2.75, 3.05) is 5.73 Å². The molecule has 22 heavy (non-hydrogen) atoms. The van der Waals surface area contributed by atoms with Gasteiger partial charge in [0.25, 0.3) is 0 Å². The molecule has 0 saturated carbocycles. The highest BCUT2D eigenvalue weighted by molar-refractivity contribution is 5.84. The molecule has 0 unspecified atom stereocenters. The standard InChI is InChI=1S/C17H15FN4/c1-11-8-17-21(10-12-4-2-3-5-14(12)18)16-9-13(19)6-7-15(16)22(17)20-11/h2-9H,10,19H2,1H3. The lowest BCUT2D eigenvalue weighted by atomic mass is 10.2. The number of imidazole rings is 1. The second kappa shape index (κ2) is 4.59. The quantitative estimate of drug-likeness (QED) is 0.576. The summed E-state index contributed by atoms with van der Waals surface area (Å²) in [5.74, 6) is -0.206. The lowest BCUT2D eigenvalue weighted by Crippen LogP contribution is -2.02. The Balaban J connectivity index is 2.01. The van der Waals surface area contributed by atoms with Crippen molar-refractivity contribution >= 4 is 22.4 Å². The minimum Gasteiger partial charge on any atom is -0.399 e. The maximum absolute atomic E-state index is 14.0. The predicted octanol–water partition coefficient (Wildman–Crippen LogP) is 3.37. The first-order chi connectivity index (χ1) is 10.6. The second-order valence-electron chi connectivity index (χ2n) is 5.48. The summed E-state index contributed by atoms with van der Waals surface area (Å²) in [6.07, 6.45) is 0. The molecule has 0 radical (unpaired) electrons. The van der Waals surface area contributed by atoms with Gasteiger partial charge in [0.15, 0.2) is 0 Å². The summed E-state index contributed by atoms with van der Waals surface area (Å²) in [7, 11) is 0. The normalized spacial score (nSPS) is 11.5. The summed E-state index contributed by atoms with van der Waals surface area (Å²) in [6.45, 7) is 2.39. The summed E-state index contributed by atoms with van der Waals surface area (Å²) in [5.41, 5.74) is 11.0. The van der Waals surface area contributed by atoms with Crippen molar-refractivity contribution in [1.82, 2.24) is 14.2 Å². The molecular weight excluding hydrogens is 279 g/mol. The Morgan fingerprint density at radius 1 is 1.09 bits per heavy atom. The predicted molar refractivity (Wildman–Crippen MR) is 85.3 cm³/mol. The molecule has 0 saturated heterocycles. The first-order valence-electron chi connectivity index (χ1n) is 7.11. The molecular formula is C17H15FN4. The summed E-state index contributed by atoms with van der Waals surface area (Å²) in [6, 6.07) is 14.5. The topological polar surface area (TPSA) is 48.2 Å². The zero-order chi connectivity index (χ0) is 15.3. The van der Waals surface area contributed by atoms with Crippen LogP contribution >= 0.6 is 0 Å². The van der Waals surface area contributed by atoms with Crippen LogP contribution in [0.25, 0.3) is 16.7 Å². The summed E-state index contributed by atoms with van der Waals surface area (Å²) in [5, 5.41) is 4.52. The van der Waals surface area contributed by atoms with Crippen LogP contribution < -0.4 is 5.73 Å². The van der Waals surface area contributed by atoms with Crippen molar-refractivity contribution in [3.8, 4) is 0 Å². The molecule has 0 atom stereocenters. The molecule has 0 bridgehead atoms. The van der Waals surface area contributed by atoms with Gasteiger partial charge in [0.05, 0.1) is 23.3 Å². The molecule has 0 aliphatic rings. The first kappa shape index (κ1) is 12.9. The van der Waals surface area contributed by atoms with E-state index in [0.29, 0.717) is 17.8 Å². The summed E-state index contributed by atoms with van der Waals surface area (Å²) < 4.78 is 17.9. The molecule has 4 aromatic rings. The van der Waals surface area contributed by atoms with Crippen LogP contribution in [-0.4, -0.2) is 14.2 Å². The Hall–Kier alpha value is -2.82. The van der Waals surface area contributed by atoms with E-state index in [1.54, 1.807) is 12.1 Å². The van der Waals surface area contributed by atoms with E-state index in [-0.39, 0.29) is 5.82 Å². The fraction of sp³-hybridized carbons (Fsp3) is 0.118. The van der Waals surface area contributed by atoms with E-state index in [0.717, 1.165) is 22.4 Å². The molecule has 0 aliphatic heterocycles. The van der Waals surface area contributed by atoms with E-state index in [2.05, 4.69) is 5.10 Å². The Morgan fingerprint density at radius 2 is 1.91 bits per heavy atom. The van der Waals surface area contributed by atoms with E-state index in [1.807, 2.05) is 46.3 Å². The number of aryl methyl sites for hydroxylation is 1. The average Bonchev–Trinajstić information content (AvgIpc) is 2.98. The zero-order valence-electron chi connectivity index (χ0n) is 12.1. The van der Waals surface area contributed by atoms with Crippen molar-refractivity contribution in [1.29, 1.82) is 0 Å². The van der Waals surface area contributed by atoms with Gasteiger partial charge in [-0.05, 0) is 31.2 Å². The largest absolute Gasteiger partial charge is 0.399 e. The number of nitrogens with zero attached hydrogens (tertiary/aromatic N) is 3. The Labute approximate surface area is 126 Å².